The van der Waals surface area contributed by atoms with Crippen LogP contribution in [0.1, 0.15) is 25.7 Å². The topological polar surface area (TPSA) is 38.7 Å². The molecule has 1 saturated heterocycles. The Kier molecular flexibility index (Phi) is 2.67. The highest BCUT2D eigenvalue weighted by Gasteiger charge is 2.30. The summed E-state index contributed by atoms with van der Waals surface area (Å²) in [5, 5.41) is 9.63. The number of ether oxygens (including phenoxy) is 2. The zero-order chi connectivity index (χ0) is 10.9. The molecule has 1 aliphatic rings. The number of hydrogen-bond donors (Lipinski definition) is 1. The Morgan fingerprint density at radius 3 is 2.40 bits per heavy atom. The molecule has 3 nitrogen and oxygen atoms in total. The second-order valence-corrected chi connectivity index (χ2v) is 4.68. The Labute approximate surface area is 89.6 Å². The number of aromatic hydroxyl groups is 1. The van der Waals surface area contributed by atoms with Crippen molar-refractivity contribution in [2.45, 2.75) is 20.1 Å². The second-order valence-electron chi connectivity index (χ2n) is 4.68. The van der Waals surface area contributed by atoms with Crippen LogP contribution in [0.25, 0.3) is 0 Å². The molecule has 2 rings (SSSR count). The number of hydrogen-bond acceptors (Lipinski definition) is 3. The van der Waals surface area contributed by atoms with Crippen LogP contribution in [-0.2, 0) is 9.47 Å². The molecule has 0 radical (unpaired) electrons. The summed E-state index contributed by atoms with van der Waals surface area (Å²) in [6, 6.07) is 7.10. The van der Waals surface area contributed by atoms with Crippen LogP contribution in [0.3, 0.4) is 0 Å². The summed E-state index contributed by atoms with van der Waals surface area (Å²) in [6.07, 6.45) is -0.431. The highest BCUT2D eigenvalue weighted by molar-refractivity contribution is 5.32. The van der Waals surface area contributed by atoms with E-state index in [1.165, 1.54) is 0 Å². The zero-order valence-corrected chi connectivity index (χ0v) is 9.06. The van der Waals surface area contributed by atoms with Crippen LogP contribution in [0.4, 0.5) is 0 Å². The molecule has 0 amide bonds. The summed E-state index contributed by atoms with van der Waals surface area (Å²) in [5.41, 5.74) is 0.758. The molecule has 0 aliphatic carbocycles. The van der Waals surface area contributed by atoms with Crippen LogP contribution < -0.4 is 0 Å². The fraction of sp³-hybridized carbons (Fsp3) is 0.500. The molecule has 0 unspecified atom stereocenters. The maximum atomic E-state index is 9.63. The Balaban J connectivity index is 2.11. The van der Waals surface area contributed by atoms with E-state index < -0.39 is 6.29 Å². The average molecular weight is 208 g/mol. The van der Waals surface area contributed by atoms with Gasteiger partial charge in [0.2, 0.25) is 0 Å². The normalized spacial score (nSPS) is 21.5. The van der Waals surface area contributed by atoms with E-state index in [9.17, 15) is 5.11 Å². The molecule has 0 atom stereocenters. The van der Waals surface area contributed by atoms with Crippen LogP contribution in [0, 0.1) is 5.41 Å². The van der Waals surface area contributed by atoms with Gasteiger partial charge in [-0.2, -0.15) is 0 Å². The standard InChI is InChI=1S/C12H16O3/c1-12(2)7-14-11(15-8-12)9-5-3-4-6-10(9)13/h3-6,11,13H,7-8H2,1-2H3. The first-order chi connectivity index (χ1) is 7.08. The molecular formula is C12H16O3. The van der Waals surface area contributed by atoms with Crippen molar-refractivity contribution in [1.29, 1.82) is 0 Å². The average Bonchev–Trinajstić information content (AvgIpc) is 2.19. The van der Waals surface area contributed by atoms with Gasteiger partial charge in [-0.15, -0.1) is 0 Å². The number of benzene rings is 1. The predicted octanol–water partition coefficient (Wildman–Crippen LogP) is 2.46. The van der Waals surface area contributed by atoms with Gasteiger partial charge < -0.3 is 14.6 Å². The van der Waals surface area contributed by atoms with Crippen LogP contribution in [-0.4, -0.2) is 18.3 Å². The lowest BCUT2D eigenvalue weighted by Gasteiger charge is -2.34. The fourth-order valence-corrected chi connectivity index (χ4v) is 1.56. The van der Waals surface area contributed by atoms with E-state index in [1.807, 2.05) is 12.1 Å². The molecule has 3 heteroatoms. The van der Waals surface area contributed by atoms with Crippen molar-refractivity contribution >= 4 is 0 Å². The maximum absolute atomic E-state index is 9.63. The van der Waals surface area contributed by atoms with Crippen molar-refractivity contribution in [3.05, 3.63) is 29.8 Å². The second kappa shape index (κ2) is 3.83. The van der Waals surface area contributed by atoms with E-state index in [-0.39, 0.29) is 11.2 Å². The van der Waals surface area contributed by atoms with Gasteiger partial charge in [0.15, 0.2) is 6.29 Å². The fourth-order valence-electron chi connectivity index (χ4n) is 1.56. The summed E-state index contributed by atoms with van der Waals surface area (Å²) in [4.78, 5) is 0. The van der Waals surface area contributed by atoms with E-state index in [4.69, 9.17) is 9.47 Å². The Bertz CT molecular complexity index is 336. The van der Waals surface area contributed by atoms with E-state index in [0.717, 1.165) is 0 Å². The van der Waals surface area contributed by atoms with Crippen molar-refractivity contribution in [2.24, 2.45) is 5.41 Å². The first kappa shape index (κ1) is 10.5. The zero-order valence-electron chi connectivity index (χ0n) is 9.06. The lowest BCUT2D eigenvalue weighted by atomic mass is 9.95. The molecule has 15 heavy (non-hydrogen) atoms. The molecule has 0 spiro atoms. The van der Waals surface area contributed by atoms with Gasteiger partial charge in [-0.05, 0) is 6.07 Å². The van der Waals surface area contributed by atoms with Crippen LogP contribution in [0.15, 0.2) is 24.3 Å². The molecule has 1 aromatic rings. The first-order valence-electron chi connectivity index (χ1n) is 5.10. The molecular weight excluding hydrogens is 192 g/mol. The van der Waals surface area contributed by atoms with Gasteiger partial charge in [0.25, 0.3) is 0 Å². The summed E-state index contributed by atoms with van der Waals surface area (Å²) in [7, 11) is 0. The van der Waals surface area contributed by atoms with Gasteiger partial charge in [0.1, 0.15) is 5.75 Å². The Hall–Kier alpha value is -1.06. The van der Waals surface area contributed by atoms with Gasteiger partial charge in [0, 0.05) is 11.0 Å². The lowest BCUT2D eigenvalue weighted by Crippen LogP contribution is -2.33. The van der Waals surface area contributed by atoms with Gasteiger partial charge in [-0.3, -0.25) is 0 Å². The van der Waals surface area contributed by atoms with Crippen LogP contribution in [0.5, 0.6) is 5.75 Å². The van der Waals surface area contributed by atoms with E-state index in [1.54, 1.807) is 12.1 Å². The van der Waals surface area contributed by atoms with Gasteiger partial charge in [-0.1, -0.05) is 32.0 Å². The van der Waals surface area contributed by atoms with Gasteiger partial charge >= 0.3 is 0 Å². The molecule has 0 bridgehead atoms. The lowest BCUT2D eigenvalue weighted by molar-refractivity contribution is -0.226. The minimum absolute atomic E-state index is 0.0564. The number of para-hydroxylation sites is 1. The monoisotopic (exact) mass is 208 g/mol. The molecule has 1 fully saturated rings. The third kappa shape index (κ3) is 2.30. The molecule has 1 aromatic carbocycles. The Morgan fingerprint density at radius 2 is 1.80 bits per heavy atom. The van der Waals surface area contributed by atoms with Crippen LogP contribution in [0.2, 0.25) is 0 Å². The summed E-state index contributed by atoms with van der Waals surface area (Å²) in [6.45, 7) is 5.47. The third-order valence-corrected chi connectivity index (χ3v) is 2.44. The number of phenols is 1. The van der Waals surface area contributed by atoms with E-state index >= 15 is 0 Å². The van der Waals surface area contributed by atoms with E-state index in [0.29, 0.717) is 18.8 Å². The number of phenolic OH excluding ortho intramolecular Hbond substituents is 1. The molecule has 0 saturated carbocycles. The maximum Gasteiger partial charge on any atom is 0.187 e. The minimum atomic E-state index is -0.431. The van der Waals surface area contributed by atoms with Crippen LogP contribution >= 0.6 is 0 Å². The quantitative estimate of drug-likeness (QED) is 0.770. The predicted molar refractivity (Wildman–Crippen MR) is 56.5 cm³/mol. The molecule has 1 N–H and O–H groups in total. The van der Waals surface area contributed by atoms with Crippen molar-refractivity contribution in [2.75, 3.05) is 13.2 Å². The van der Waals surface area contributed by atoms with Crippen molar-refractivity contribution in [3.8, 4) is 5.75 Å². The van der Waals surface area contributed by atoms with Crippen molar-refractivity contribution < 1.29 is 14.6 Å². The first-order valence-corrected chi connectivity index (χ1v) is 5.10. The third-order valence-electron chi connectivity index (χ3n) is 2.44. The summed E-state index contributed by atoms with van der Waals surface area (Å²) < 4.78 is 11.2. The molecule has 1 heterocycles. The smallest absolute Gasteiger partial charge is 0.187 e. The highest BCUT2D eigenvalue weighted by atomic mass is 16.7. The molecule has 1 aliphatic heterocycles. The van der Waals surface area contributed by atoms with Gasteiger partial charge in [0.05, 0.1) is 13.2 Å². The SMILES string of the molecule is CC1(C)COC(c2ccccc2O)OC1. The molecule has 82 valence electrons. The Morgan fingerprint density at radius 1 is 1.20 bits per heavy atom. The highest BCUT2D eigenvalue weighted by Crippen LogP contribution is 2.34. The van der Waals surface area contributed by atoms with Crippen molar-refractivity contribution in [3.63, 3.8) is 0 Å². The summed E-state index contributed by atoms with van der Waals surface area (Å²) >= 11 is 0. The van der Waals surface area contributed by atoms with Crippen molar-refractivity contribution in [1.82, 2.24) is 0 Å². The van der Waals surface area contributed by atoms with Gasteiger partial charge in [-0.25, -0.2) is 0 Å². The minimum Gasteiger partial charge on any atom is -0.507 e. The largest absolute Gasteiger partial charge is 0.507 e. The number of rotatable bonds is 1. The summed E-state index contributed by atoms with van der Waals surface area (Å²) in [5.74, 6) is 0.224. The molecule has 0 aromatic heterocycles. The van der Waals surface area contributed by atoms with E-state index in [2.05, 4.69) is 13.8 Å².